The zero-order valence-corrected chi connectivity index (χ0v) is 18.5. The third kappa shape index (κ3) is 3.98. The Kier molecular flexibility index (Phi) is 5.63. The van der Waals surface area contributed by atoms with Crippen LogP contribution < -0.4 is 14.8 Å². The number of nitrogens with zero attached hydrogens (tertiary/aromatic N) is 2. The Morgan fingerprint density at radius 1 is 1.23 bits per heavy atom. The average Bonchev–Trinajstić information content (AvgIpc) is 3.41. The van der Waals surface area contributed by atoms with Gasteiger partial charge in [-0.3, -0.25) is 10.1 Å². The molecule has 4 rings (SSSR count). The van der Waals surface area contributed by atoms with Crippen LogP contribution in [0.15, 0.2) is 17.5 Å². The van der Waals surface area contributed by atoms with E-state index in [1.807, 2.05) is 6.92 Å². The van der Waals surface area contributed by atoms with Gasteiger partial charge in [0.2, 0.25) is 5.01 Å². The van der Waals surface area contributed by atoms with E-state index in [2.05, 4.69) is 15.3 Å². The number of ether oxygens (including phenoxy) is 3. The van der Waals surface area contributed by atoms with Crippen molar-refractivity contribution in [2.24, 2.45) is 0 Å². The van der Waals surface area contributed by atoms with Crippen LogP contribution in [0.5, 0.6) is 11.5 Å². The Bertz CT molecular complexity index is 1110. The number of hydrogen-bond acceptors (Lipinski definition) is 9. The number of hydrogen-bond donors (Lipinski definition) is 1. The van der Waals surface area contributed by atoms with E-state index in [0.29, 0.717) is 33.0 Å². The fourth-order valence-corrected chi connectivity index (χ4v) is 4.55. The van der Waals surface area contributed by atoms with Crippen LogP contribution in [0.1, 0.15) is 28.0 Å². The molecule has 30 heavy (non-hydrogen) atoms. The van der Waals surface area contributed by atoms with Gasteiger partial charge in [0.05, 0.1) is 22.9 Å². The summed E-state index contributed by atoms with van der Waals surface area (Å²) in [4.78, 5) is 33.8. The molecule has 1 amide bonds. The monoisotopic (exact) mass is 465 g/mol. The van der Waals surface area contributed by atoms with Gasteiger partial charge in [0.1, 0.15) is 0 Å². The molecule has 3 aromatic rings. The summed E-state index contributed by atoms with van der Waals surface area (Å²) < 4.78 is 16.1. The third-order valence-electron chi connectivity index (χ3n) is 4.12. The summed E-state index contributed by atoms with van der Waals surface area (Å²) >= 11 is 8.53. The number of fused-ring (bicyclic) bond motifs is 1. The Morgan fingerprint density at radius 3 is 2.70 bits per heavy atom. The molecule has 0 spiro atoms. The van der Waals surface area contributed by atoms with Crippen LogP contribution in [0.25, 0.3) is 10.6 Å². The number of carbonyl (C=O) groups excluding carboxylic acids is 2. The molecule has 11 heteroatoms. The minimum absolute atomic E-state index is 0.266. The molecule has 0 bridgehead atoms. The molecule has 0 radical (unpaired) electrons. The topological polar surface area (TPSA) is 99.6 Å². The Hall–Kier alpha value is -2.69. The van der Waals surface area contributed by atoms with Gasteiger partial charge < -0.3 is 14.2 Å². The van der Waals surface area contributed by atoms with E-state index in [9.17, 15) is 9.59 Å². The van der Waals surface area contributed by atoms with Crippen molar-refractivity contribution in [3.63, 3.8) is 0 Å². The first-order chi connectivity index (χ1) is 14.4. The SMILES string of the molecule is CCOC(=O)c1nc(C)c(-c2csc(NC(=O)C3Oc4cc(C)c(Cl)cc4O3)n2)s1. The second-order valence-corrected chi connectivity index (χ2v) is 8.56. The van der Waals surface area contributed by atoms with Gasteiger partial charge in [0.25, 0.3) is 0 Å². The molecule has 156 valence electrons. The summed E-state index contributed by atoms with van der Waals surface area (Å²) in [7, 11) is 0. The minimum atomic E-state index is -1.13. The zero-order valence-electron chi connectivity index (χ0n) is 16.1. The maximum Gasteiger partial charge on any atom is 0.367 e. The van der Waals surface area contributed by atoms with Gasteiger partial charge >= 0.3 is 18.2 Å². The number of amides is 1. The highest BCUT2D eigenvalue weighted by molar-refractivity contribution is 7.18. The van der Waals surface area contributed by atoms with Crippen molar-refractivity contribution in [3.8, 4) is 22.1 Å². The maximum absolute atomic E-state index is 12.5. The van der Waals surface area contributed by atoms with Gasteiger partial charge in [-0.1, -0.05) is 11.6 Å². The van der Waals surface area contributed by atoms with Crippen molar-refractivity contribution in [1.82, 2.24) is 9.97 Å². The van der Waals surface area contributed by atoms with Gasteiger partial charge in [0, 0.05) is 16.5 Å². The summed E-state index contributed by atoms with van der Waals surface area (Å²) in [6.45, 7) is 5.64. The number of anilines is 1. The van der Waals surface area contributed by atoms with Crippen molar-refractivity contribution in [2.45, 2.75) is 27.1 Å². The summed E-state index contributed by atoms with van der Waals surface area (Å²) in [5.41, 5.74) is 2.10. The quantitative estimate of drug-likeness (QED) is 0.555. The van der Waals surface area contributed by atoms with Crippen molar-refractivity contribution < 1.29 is 23.8 Å². The van der Waals surface area contributed by atoms with Crippen molar-refractivity contribution in [3.05, 3.63) is 38.8 Å². The van der Waals surface area contributed by atoms with Crippen molar-refractivity contribution >= 4 is 51.3 Å². The van der Waals surface area contributed by atoms with Gasteiger partial charge in [-0.15, -0.1) is 22.7 Å². The molecule has 1 unspecified atom stereocenters. The molecule has 2 aromatic heterocycles. The van der Waals surface area contributed by atoms with E-state index >= 15 is 0 Å². The second-order valence-electron chi connectivity index (χ2n) is 6.30. The molecule has 0 fully saturated rings. The lowest BCUT2D eigenvalue weighted by molar-refractivity contribution is -0.131. The fourth-order valence-electron chi connectivity index (χ4n) is 2.70. The zero-order chi connectivity index (χ0) is 21.4. The van der Waals surface area contributed by atoms with Crippen LogP contribution in [0.2, 0.25) is 5.02 Å². The van der Waals surface area contributed by atoms with Crippen molar-refractivity contribution in [1.29, 1.82) is 0 Å². The number of nitrogens with one attached hydrogen (secondary N) is 1. The molecule has 1 aliphatic rings. The van der Waals surface area contributed by atoms with Crippen molar-refractivity contribution in [2.75, 3.05) is 11.9 Å². The Morgan fingerprint density at radius 2 is 1.97 bits per heavy atom. The lowest BCUT2D eigenvalue weighted by Crippen LogP contribution is -2.34. The highest BCUT2D eigenvalue weighted by Crippen LogP contribution is 2.39. The third-order valence-corrected chi connectivity index (χ3v) is 6.45. The van der Waals surface area contributed by atoms with Crippen LogP contribution in [0, 0.1) is 13.8 Å². The molecule has 1 aromatic carbocycles. The lowest BCUT2D eigenvalue weighted by atomic mass is 10.2. The van der Waals surface area contributed by atoms with Gasteiger partial charge in [-0.25, -0.2) is 14.8 Å². The number of benzene rings is 1. The molecular weight excluding hydrogens is 450 g/mol. The number of esters is 1. The van der Waals surface area contributed by atoms with E-state index < -0.39 is 18.2 Å². The maximum atomic E-state index is 12.5. The number of carbonyl (C=O) groups is 2. The molecule has 1 aliphatic heterocycles. The van der Waals surface area contributed by atoms with E-state index in [0.717, 1.165) is 10.4 Å². The standard InChI is InChI=1S/C19H16ClN3O5S2/c1-4-26-17(25)16-21-9(3)14(30-16)11-7-29-19(22-11)23-15(24)18-27-12-5-8(2)10(20)6-13(12)28-18/h5-7,18H,4H2,1-3H3,(H,22,23,24). The molecule has 0 saturated carbocycles. The first-order valence-electron chi connectivity index (χ1n) is 8.90. The van der Waals surface area contributed by atoms with E-state index in [4.69, 9.17) is 25.8 Å². The van der Waals surface area contributed by atoms with Crippen LogP contribution in [0.3, 0.4) is 0 Å². The summed E-state index contributed by atoms with van der Waals surface area (Å²) in [5, 5.41) is 5.63. The highest BCUT2D eigenvalue weighted by atomic mass is 35.5. The summed E-state index contributed by atoms with van der Waals surface area (Å²) in [5.74, 6) is -0.0822. The fraction of sp³-hybridized carbons (Fsp3) is 0.263. The minimum Gasteiger partial charge on any atom is -0.461 e. The van der Waals surface area contributed by atoms with E-state index in [1.165, 1.54) is 22.7 Å². The normalized spacial score (nSPS) is 14.6. The molecule has 1 N–H and O–H groups in total. The highest BCUT2D eigenvalue weighted by Gasteiger charge is 2.32. The average molecular weight is 466 g/mol. The van der Waals surface area contributed by atoms with Gasteiger partial charge in [0.15, 0.2) is 16.6 Å². The van der Waals surface area contributed by atoms with Gasteiger partial charge in [-0.2, -0.15) is 0 Å². The molecular formula is C19H16ClN3O5S2. The lowest BCUT2D eigenvalue weighted by Gasteiger charge is -2.08. The predicted octanol–water partition coefficient (Wildman–Crippen LogP) is 4.45. The number of aryl methyl sites for hydroxylation is 2. The number of aromatic nitrogens is 2. The predicted molar refractivity (Wildman–Crippen MR) is 114 cm³/mol. The molecule has 0 saturated heterocycles. The second kappa shape index (κ2) is 8.21. The van der Waals surface area contributed by atoms with Crippen LogP contribution in [-0.2, 0) is 9.53 Å². The van der Waals surface area contributed by atoms with Crippen LogP contribution in [-0.4, -0.2) is 34.7 Å². The van der Waals surface area contributed by atoms with E-state index in [-0.39, 0.29) is 11.6 Å². The number of thiazole rings is 2. The Labute approximate surface area is 184 Å². The number of halogens is 1. The first kappa shape index (κ1) is 20.6. The largest absolute Gasteiger partial charge is 0.461 e. The van der Waals surface area contributed by atoms with E-state index in [1.54, 1.807) is 31.4 Å². The molecule has 0 aliphatic carbocycles. The summed E-state index contributed by atoms with van der Waals surface area (Å²) in [6, 6.07) is 3.34. The Balaban J connectivity index is 1.45. The molecule has 8 nitrogen and oxygen atoms in total. The number of rotatable bonds is 5. The molecule has 3 heterocycles. The smallest absolute Gasteiger partial charge is 0.367 e. The van der Waals surface area contributed by atoms with Crippen LogP contribution >= 0.6 is 34.3 Å². The van der Waals surface area contributed by atoms with Gasteiger partial charge in [-0.05, 0) is 32.4 Å². The summed E-state index contributed by atoms with van der Waals surface area (Å²) in [6.07, 6.45) is -1.13. The molecule has 1 atom stereocenters. The first-order valence-corrected chi connectivity index (χ1v) is 11.0. The van der Waals surface area contributed by atoms with Crippen LogP contribution in [0.4, 0.5) is 5.13 Å².